The second-order valence-electron chi connectivity index (χ2n) is 5.90. The van der Waals surface area contributed by atoms with Gasteiger partial charge in [-0.05, 0) is 37.5 Å². The Balaban J connectivity index is 1.57. The van der Waals surface area contributed by atoms with Gasteiger partial charge in [0.05, 0.1) is 17.3 Å². The van der Waals surface area contributed by atoms with E-state index in [0.717, 1.165) is 37.3 Å². The molecular formula is C17H18N6O. The lowest BCUT2D eigenvalue weighted by molar-refractivity contribution is 0.0605. The molecule has 1 aliphatic rings. The number of carbonyl (C=O) groups excluding carboxylic acids is 1. The number of H-pyrrole nitrogens is 1. The molecule has 1 N–H and O–H groups in total. The largest absolute Gasteiger partial charge is 0.330 e. The van der Waals surface area contributed by atoms with Gasteiger partial charge in [-0.1, -0.05) is 0 Å². The van der Waals surface area contributed by atoms with Gasteiger partial charge in [0.25, 0.3) is 5.91 Å². The van der Waals surface area contributed by atoms with Crippen molar-refractivity contribution in [3.63, 3.8) is 0 Å². The van der Waals surface area contributed by atoms with E-state index in [2.05, 4.69) is 20.2 Å². The molecule has 1 amide bonds. The standard InChI is InChI=1S/C17H18N6O/c24-17(13-4-5-16(19-11-13)22-10-8-18-12-22)23-9-2-1-3-15(23)14-6-7-20-21-14/h4-8,10-12,15H,1-3,9H2,(H,20,21). The molecule has 0 spiro atoms. The molecule has 0 bridgehead atoms. The molecule has 1 atom stereocenters. The van der Waals surface area contributed by atoms with Crippen LogP contribution >= 0.6 is 0 Å². The molecule has 4 rings (SSSR count). The lowest BCUT2D eigenvalue weighted by Gasteiger charge is -2.35. The number of nitrogens with zero attached hydrogens (tertiary/aromatic N) is 5. The number of rotatable bonds is 3. The van der Waals surface area contributed by atoms with Crippen LogP contribution in [0.25, 0.3) is 5.82 Å². The lowest BCUT2D eigenvalue weighted by atomic mass is 9.98. The van der Waals surface area contributed by atoms with E-state index in [4.69, 9.17) is 0 Å². The zero-order valence-corrected chi connectivity index (χ0v) is 13.2. The van der Waals surface area contributed by atoms with Gasteiger partial charge in [0.2, 0.25) is 0 Å². The summed E-state index contributed by atoms with van der Waals surface area (Å²) >= 11 is 0. The van der Waals surface area contributed by atoms with Crippen molar-refractivity contribution in [1.82, 2.24) is 29.6 Å². The summed E-state index contributed by atoms with van der Waals surface area (Å²) in [6, 6.07) is 5.66. The Morgan fingerprint density at radius 2 is 2.17 bits per heavy atom. The number of piperidine rings is 1. The first-order valence-electron chi connectivity index (χ1n) is 8.07. The Bertz CT molecular complexity index is 794. The van der Waals surface area contributed by atoms with Gasteiger partial charge in [0.1, 0.15) is 12.1 Å². The van der Waals surface area contributed by atoms with Gasteiger partial charge in [0, 0.05) is 31.3 Å². The highest BCUT2D eigenvalue weighted by atomic mass is 16.2. The number of imidazole rings is 1. The van der Waals surface area contributed by atoms with Crippen molar-refractivity contribution in [1.29, 1.82) is 0 Å². The van der Waals surface area contributed by atoms with E-state index in [1.54, 1.807) is 24.9 Å². The Morgan fingerprint density at radius 3 is 2.88 bits per heavy atom. The quantitative estimate of drug-likeness (QED) is 0.803. The monoisotopic (exact) mass is 322 g/mol. The minimum Gasteiger partial charge on any atom is -0.330 e. The van der Waals surface area contributed by atoms with Gasteiger partial charge < -0.3 is 4.90 Å². The van der Waals surface area contributed by atoms with Gasteiger partial charge in [-0.3, -0.25) is 14.5 Å². The molecule has 0 radical (unpaired) electrons. The number of hydrogen-bond donors (Lipinski definition) is 1. The first kappa shape index (κ1) is 14.6. The summed E-state index contributed by atoms with van der Waals surface area (Å²) in [6.45, 7) is 0.756. The number of nitrogens with one attached hydrogen (secondary N) is 1. The number of hydrogen-bond acceptors (Lipinski definition) is 4. The van der Waals surface area contributed by atoms with E-state index < -0.39 is 0 Å². The van der Waals surface area contributed by atoms with Gasteiger partial charge in [-0.25, -0.2) is 9.97 Å². The van der Waals surface area contributed by atoms with E-state index in [9.17, 15) is 4.79 Å². The summed E-state index contributed by atoms with van der Waals surface area (Å²) in [5.74, 6) is 0.756. The molecule has 24 heavy (non-hydrogen) atoms. The average Bonchev–Trinajstić information content (AvgIpc) is 3.35. The SMILES string of the molecule is O=C(c1ccc(-n2ccnc2)nc1)N1CCCCC1c1ccn[nH]1. The van der Waals surface area contributed by atoms with Crippen LogP contribution < -0.4 is 0 Å². The van der Waals surface area contributed by atoms with Crippen LogP contribution in [0.4, 0.5) is 0 Å². The van der Waals surface area contributed by atoms with Crippen molar-refractivity contribution in [2.75, 3.05) is 6.54 Å². The van der Waals surface area contributed by atoms with Crippen molar-refractivity contribution in [2.45, 2.75) is 25.3 Å². The smallest absolute Gasteiger partial charge is 0.255 e. The summed E-state index contributed by atoms with van der Waals surface area (Å²) < 4.78 is 1.81. The van der Waals surface area contributed by atoms with E-state index in [0.29, 0.717) is 5.56 Å². The van der Waals surface area contributed by atoms with E-state index in [1.807, 2.05) is 33.9 Å². The number of likely N-dealkylation sites (tertiary alicyclic amines) is 1. The van der Waals surface area contributed by atoms with Crippen molar-refractivity contribution in [3.8, 4) is 5.82 Å². The molecule has 0 aromatic carbocycles. The Kier molecular flexibility index (Phi) is 3.82. The van der Waals surface area contributed by atoms with Crippen LogP contribution in [0.3, 0.4) is 0 Å². The zero-order chi connectivity index (χ0) is 16.4. The highest BCUT2D eigenvalue weighted by Crippen LogP contribution is 2.30. The van der Waals surface area contributed by atoms with Crippen LogP contribution in [0.5, 0.6) is 0 Å². The molecule has 4 heterocycles. The Labute approximate surface area is 139 Å². The minimum absolute atomic E-state index is 0.0129. The van der Waals surface area contributed by atoms with Crippen LogP contribution in [0.1, 0.15) is 41.4 Å². The molecule has 3 aromatic heterocycles. The highest BCUT2D eigenvalue weighted by Gasteiger charge is 2.29. The van der Waals surface area contributed by atoms with Gasteiger partial charge in [-0.2, -0.15) is 5.10 Å². The average molecular weight is 322 g/mol. The van der Waals surface area contributed by atoms with E-state index in [1.165, 1.54) is 0 Å². The van der Waals surface area contributed by atoms with Crippen LogP contribution in [0, 0.1) is 0 Å². The minimum atomic E-state index is 0.0129. The van der Waals surface area contributed by atoms with Crippen LogP contribution in [-0.4, -0.2) is 42.1 Å². The molecule has 122 valence electrons. The first-order valence-corrected chi connectivity index (χ1v) is 8.07. The van der Waals surface area contributed by atoms with Crippen LogP contribution in [-0.2, 0) is 0 Å². The van der Waals surface area contributed by atoms with Crippen molar-refractivity contribution in [2.24, 2.45) is 0 Å². The first-order chi connectivity index (χ1) is 11.8. The predicted molar refractivity (Wildman–Crippen MR) is 87.6 cm³/mol. The van der Waals surface area contributed by atoms with E-state index in [-0.39, 0.29) is 11.9 Å². The molecule has 1 unspecified atom stereocenters. The fourth-order valence-electron chi connectivity index (χ4n) is 3.18. The second kappa shape index (κ2) is 6.27. The summed E-state index contributed by atoms with van der Waals surface area (Å²) in [5, 5.41) is 7.02. The topological polar surface area (TPSA) is 79.7 Å². The molecule has 7 heteroatoms. The Hall–Kier alpha value is -2.96. The maximum Gasteiger partial charge on any atom is 0.255 e. The normalized spacial score (nSPS) is 17.8. The number of carbonyl (C=O) groups is 1. The molecule has 0 aliphatic carbocycles. The molecule has 3 aromatic rings. The molecule has 1 aliphatic heterocycles. The summed E-state index contributed by atoms with van der Waals surface area (Å²) in [6.07, 6.45) is 11.7. The molecule has 7 nitrogen and oxygen atoms in total. The molecular weight excluding hydrogens is 304 g/mol. The van der Waals surface area contributed by atoms with Gasteiger partial charge >= 0.3 is 0 Å². The summed E-state index contributed by atoms with van der Waals surface area (Å²) in [7, 11) is 0. The molecule has 1 fully saturated rings. The molecule has 0 saturated carbocycles. The summed E-state index contributed by atoms with van der Waals surface area (Å²) in [4.78, 5) is 23.2. The van der Waals surface area contributed by atoms with Crippen LogP contribution in [0.15, 0.2) is 49.3 Å². The van der Waals surface area contributed by atoms with Gasteiger partial charge in [0.15, 0.2) is 0 Å². The number of amides is 1. The second-order valence-corrected chi connectivity index (χ2v) is 5.90. The maximum atomic E-state index is 12.9. The predicted octanol–water partition coefficient (Wildman–Crippen LogP) is 2.36. The Morgan fingerprint density at radius 1 is 1.21 bits per heavy atom. The third-order valence-electron chi connectivity index (χ3n) is 4.41. The summed E-state index contributed by atoms with van der Waals surface area (Å²) in [5.41, 5.74) is 1.59. The van der Waals surface area contributed by atoms with Gasteiger partial charge in [-0.15, -0.1) is 0 Å². The lowest BCUT2D eigenvalue weighted by Crippen LogP contribution is -2.38. The van der Waals surface area contributed by atoms with Crippen molar-refractivity contribution < 1.29 is 4.79 Å². The third kappa shape index (κ3) is 2.68. The van der Waals surface area contributed by atoms with E-state index >= 15 is 0 Å². The fraction of sp³-hybridized carbons (Fsp3) is 0.294. The number of aromatic amines is 1. The third-order valence-corrected chi connectivity index (χ3v) is 4.41. The van der Waals surface area contributed by atoms with Crippen molar-refractivity contribution in [3.05, 3.63) is 60.6 Å². The number of aromatic nitrogens is 5. The fourth-order valence-corrected chi connectivity index (χ4v) is 3.18. The zero-order valence-electron chi connectivity index (χ0n) is 13.2. The highest BCUT2D eigenvalue weighted by molar-refractivity contribution is 5.94. The number of pyridine rings is 1. The molecule has 1 saturated heterocycles. The van der Waals surface area contributed by atoms with Crippen molar-refractivity contribution >= 4 is 5.91 Å². The maximum absolute atomic E-state index is 12.9. The van der Waals surface area contributed by atoms with Crippen LogP contribution in [0.2, 0.25) is 0 Å².